The van der Waals surface area contributed by atoms with Crippen molar-refractivity contribution in [3.63, 3.8) is 0 Å². The predicted octanol–water partition coefficient (Wildman–Crippen LogP) is 6.71. The molecule has 0 amide bonds. The number of aromatic nitrogens is 2. The number of carbonyl (C=O) groups is 1. The number of rotatable bonds is 6. The van der Waals surface area contributed by atoms with Crippen LogP contribution in [0, 0.1) is 0 Å². The molecule has 3 aromatic carbocycles. The molecule has 5 aromatic rings. The molecular formula is C26H19ClN2O2S. The van der Waals surface area contributed by atoms with Crippen molar-refractivity contribution in [2.24, 2.45) is 0 Å². The number of carbonyl (C=O) groups excluding carboxylic acids is 1. The minimum atomic E-state index is -0.0923. The SMILES string of the molecule is COc1ccc2c(c1)c(C(=O)c1nc(-c3ccccc3)cs1)cn2Cc1ccc(Cl)cc1. The predicted molar refractivity (Wildman–Crippen MR) is 130 cm³/mol. The topological polar surface area (TPSA) is 44.1 Å². The number of hydrogen-bond acceptors (Lipinski definition) is 4. The third kappa shape index (κ3) is 3.93. The van der Waals surface area contributed by atoms with Gasteiger partial charge in [-0.2, -0.15) is 0 Å². The molecule has 0 aliphatic carbocycles. The third-order valence-corrected chi connectivity index (χ3v) is 6.46. The van der Waals surface area contributed by atoms with Crippen LogP contribution >= 0.6 is 22.9 Å². The van der Waals surface area contributed by atoms with Crippen molar-refractivity contribution >= 4 is 39.6 Å². The van der Waals surface area contributed by atoms with Crippen LogP contribution in [0.1, 0.15) is 20.9 Å². The molecule has 0 unspecified atom stereocenters. The van der Waals surface area contributed by atoms with E-state index in [2.05, 4.69) is 9.55 Å². The molecule has 6 heteroatoms. The summed E-state index contributed by atoms with van der Waals surface area (Å²) in [5, 5.41) is 3.94. The van der Waals surface area contributed by atoms with Gasteiger partial charge < -0.3 is 9.30 Å². The fourth-order valence-electron chi connectivity index (χ4n) is 3.74. The summed E-state index contributed by atoms with van der Waals surface area (Å²) in [6.07, 6.45) is 1.91. The molecule has 32 heavy (non-hydrogen) atoms. The first-order valence-electron chi connectivity index (χ1n) is 10.1. The zero-order chi connectivity index (χ0) is 22.1. The quantitative estimate of drug-likeness (QED) is 0.266. The summed E-state index contributed by atoms with van der Waals surface area (Å²) in [6.45, 7) is 0.625. The fourth-order valence-corrected chi connectivity index (χ4v) is 4.64. The lowest BCUT2D eigenvalue weighted by Gasteiger charge is -2.06. The lowest BCUT2D eigenvalue weighted by atomic mass is 10.1. The average molecular weight is 459 g/mol. The Morgan fingerprint density at radius 1 is 1.06 bits per heavy atom. The van der Waals surface area contributed by atoms with Crippen LogP contribution in [0.3, 0.4) is 0 Å². The molecule has 5 rings (SSSR count). The molecule has 0 saturated carbocycles. The monoisotopic (exact) mass is 458 g/mol. The van der Waals surface area contributed by atoms with Gasteiger partial charge in [0.2, 0.25) is 5.78 Å². The molecule has 0 atom stereocenters. The van der Waals surface area contributed by atoms with Gasteiger partial charge in [-0.15, -0.1) is 11.3 Å². The second kappa shape index (κ2) is 8.61. The van der Waals surface area contributed by atoms with E-state index in [1.54, 1.807) is 7.11 Å². The highest BCUT2D eigenvalue weighted by atomic mass is 35.5. The van der Waals surface area contributed by atoms with Crippen LogP contribution < -0.4 is 4.74 Å². The number of nitrogens with zero attached hydrogens (tertiary/aromatic N) is 2. The summed E-state index contributed by atoms with van der Waals surface area (Å²) >= 11 is 7.40. The Balaban J connectivity index is 1.56. The van der Waals surface area contributed by atoms with Crippen LogP contribution in [0.4, 0.5) is 0 Å². The maximum Gasteiger partial charge on any atom is 0.223 e. The number of hydrogen-bond donors (Lipinski definition) is 0. The van der Waals surface area contributed by atoms with Crippen molar-refractivity contribution in [1.82, 2.24) is 9.55 Å². The molecule has 0 fully saturated rings. The standard InChI is InChI=1S/C26H19ClN2O2S/c1-31-20-11-12-24-21(13-20)22(15-29(24)14-17-7-9-19(27)10-8-17)25(30)26-28-23(16-32-26)18-5-3-2-4-6-18/h2-13,15-16H,14H2,1H3. The first kappa shape index (κ1) is 20.5. The van der Waals surface area contributed by atoms with Gasteiger partial charge in [-0.3, -0.25) is 4.79 Å². The van der Waals surface area contributed by atoms with E-state index in [4.69, 9.17) is 16.3 Å². The van der Waals surface area contributed by atoms with E-state index in [1.807, 2.05) is 84.4 Å². The van der Waals surface area contributed by atoms with Crippen molar-refractivity contribution in [3.8, 4) is 17.0 Å². The van der Waals surface area contributed by atoms with E-state index in [0.717, 1.165) is 27.7 Å². The minimum Gasteiger partial charge on any atom is -0.497 e. The summed E-state index contributed by atoms with van der Waals surface area (Å²) in [4.78, 5) is 18.1. The summed E-state index contributed by atoms with van der Waals surface area (Å²) in [5.74, 6) is 0.616. The maximum atomic E-state index is 13.5. The van der Waals surface area contributed by atoms with Gasteiger partial charge in [0.05, 0.1) is 18.4 Å². The number of methoxy groups -OCH3 is 1. The summed E-state index contributed by atoms with van der Waals surface area (Å²) in [5.41, 5.74) is 4.48. The number of benzene rings is 3. The molecule has 0 bridgehead atoms. The van der Waals surface area contributed by atoms with Crippen LogP contribution in [0.15, 0.2) is 84.4 Å². The number of thiazole rings is 1. The van der Waals surface area contributed by atoms with Gasteiger partial charge in [-0.05, 0) is 35.9 Å². The molecule has 0 spiro atoms. The summed E-state index contributed by atoms with van der Waals surface area (Å²) < 4.78 is 7.50. The minimum absolute atomic E-state index is 0.0923. The molecule has 0 saturated heterocycles. The zero-order valence-electron chi connectivity index (χ0n) is 17.3. The molecule has 158 valence electrons. The smallest absolute Gasteiger partial charge is 0.223 e. The normalized spacial score (nSPS) is 11.1. The Morgan fingerprint density at radius 3 is 2.59 bits per heavy atom. The second-order valence-electron chi connectivity index (χ2n) is 7.41. The van der Waals surface area contributed by atoms with Crippen molar-refractivity contribution in [1.29, 1.82) is 0 Å². The van der Waals surface area contributed by atoms with Gasteiger partial charge >= 0.3 is 0 Å². The molecule has 4 nitrogen and oxygen atoms in total. The molecule has 0 aliphatic rings. The van der Waals surface area contributed by atoms with Gasteiger partial charge in [0.25, 0.3) is 0 Å². The Labute approximate surface area is 194 Å². The zero-order valence-corrected chi connectivity index (χ0v) is 18.9. The van der Waals surface area contributed by atoms with Gasteiger partial charge in [0.1, 0.15) is 5.75 Å². The first-order valence-corrected chi connectivity index (χ1v) is 11.3. The summed E-state index contributed by atoms with van der Waals surface area (Å²) in [6, 6.07) is 23.4. The average Bonchev–Trinajstić information content (AvgIpc) is 3.46. The van der Waals surface area contributed by atoms with Gasteiger partial charge in [0.15, 0.2) is 5.01 Å². The Bertz CT molecular complexity index is 1410. The van der Waals surface area contributed by atoms with Crippen molar-refractivity contribution in [2.75, 3.05) is 7.11 Å². The number of halogens is 1. The van der Waals surface area contributed by atoms with Crippen molar-refractivity contribution in [3.05, 3.63) is 106 Å². The maximum absolute atomic E-state index is 13.5. The molecule has 0 radical (unpaired) electrons. The third-order valence-electron chi connectivity index (χ3n) is 5.37. The van der Waals surface area contributed by atoms with Crippen molar-refractivity contribution in [2.45, 2.75) is 6.54 Å². The second-order valence-corrected chi connectivity index (χ2v) is 8.71. The van der Waals surface area contributed by atoms with E-state index < -0.39 is 0 Å². The summed E-state index contributed by atoms with van der Waals surface area (Å²) in [7, 11) is 1.63. The highest BCUT2D eigenvalue weighted by molar-refractivity contribution is 7.12. The number of ketones is 1. The Kier molecular flexibility index (Phi) is 5.52. The molecule has 2 heterocycles. The lowest BCUT2D eigenvalue weighted by Crippen LogP contribution is -2.01. The van der Waals surface area contributed by atoms with E-state index in [-0.39, 0.29) is 5.78 Å². The van der Waals surface area contributed by atoms with E-state index >= 15 is 0 Å². The molecular weight excluding hydrogens is 440 g/mol. The van der Waals surface area contributed by atoms with Crippen molar-refractivity contribution < 1.29 is 9.53 Å². The molecule has 0 N–H and O–H groups in total. The van der Waals surface area contributed by atoms with Crippen LogP contribution in [0.5, 0.6) is 5.75 Å². The molecule has 2 aromatic heterocycles. The van der Waals surface area contributed by atoms with E-state index in [9.17, 15) is 4.79 Å². The highest BCUT2D eigenvalue weighted by Crippen LogP contribution is 2.30. The number of fused-ring (bicyclic) bond motifs is 1. The highest BCUT2D eigenvalue weighted by Gasteiger charge is 2.21. The lowest BCUT2D eigenvalue weighted by molar-refractivity contribution is 0.104. The van der Waals surface area contributed by atoms with E-state index in [1.165, 1.54) is 11.3 Å². The van der Waals surface area contributed by atoms with Crippen LogP contribution in [-0.2, 0) is 6.54 Å². The molecule has 0 aliphatic heterocycles. The largest absolute Gasteiger partial charge is 0.497 e. The van der Waals surface area contributed by atoms with Gasteiger partial charge in [-0.25, -0.2) is 4.98 Å². The fraction of sp³-hybridized carbons (Fsp3) is 0.0769. The van der Waals surface area contributed by atoms with E-state index in [0.29, 0.717) is 27.9 Å². The Hall–Kier alpha value is -3.41. The van der Waals surface area contributed by atoms with Gasteiger partial charge in [-0.1, -0.05) is 54.1 Å². The van der Waals surface area contributed by atoms with Crippen LogP contribution in [-0.4, -0.2) is 22.4 Å². The first-order chi connectivity index (χ1) is 15.6. The number of ether oxygens (including phenoxy) is 1. The van der Waals surface area contributed by atoms with Crippen LogP contribution in [0.25, 0.3) is 22.2 Å². The van der Waals surface area contributed by atoms with Crippen LogP contribution in [0.2, 0.25) is 5.02 Å². The van der Waals surface area contributed by atoms with Gasteiger partial charge in [0, 0.05) is 39.6 Å². The Morgan fingerprint density at radius 2 is 1.84 bits per heavy atom.